The maximum absolute atomic E-state index is 2.40. The fraction of sp³-hybridized carbons (Fsp3) is 0. The van der Waals surface area contributed by atoms with E-state index in [4.69, 9.17) is 0 Å². The van der Waals surface area contributed by atoms with Gasteiger partial charge < -0.3 is 4.57 Å². The van der Waals surface area contributed by atoms with Gasteiger partial charge in [0.2, 0.25) is 0 Å². The van der Waals surface area contributed by atoms with Crippen LogP contribution in [0.2, 0.25) is 0 Å². The number of hydrogen-bond donors (Lipinski definition) is 0. The average Bonchev–Trinajstić information content (AvgIpc) is 3.29. The number of hydrogen-bond acceptors (Lipinski definition) is 1. The van der Waals surface area contributed by atoms with E-state index >= 15 is 0 Å². The first-order valence-corrected chi connectivity index (χ1v) is 9.67. The fourth-order valence-corrected chi connectivity index (χ4v) is 5.03. The van der Waals surface area contributed by atoms with Gasteiger partial charge in [-0.1, -0.05) is 54.6 Å². The van der Waals surface area contributed by atoms with Gasteiger partial charge in [-0.15, -0.1) is 11.3 Å². The van der Waals surface area contributed by atoms with Gasteiger partial charge in [-0.25, -0.2) is 0 Å². The molecule has 26 heavy (non-hydrogen) atoms. The van der Waals surface area contributed by atoms with E-state index in [1.54, 1.807) is 0 Å². The molecule has 2 aromatic heterocycles. The molecule has 0 spiro atoms. The molecule has 6 aromatic rings. The summed E-state index contributed by atoms with van der Waals surface area (Å²) >= 11 is 1.83. The molecule has 0 aliphatic carbocycles. The molecule has 0 unspecified atom stereocenters. The number of benzene rings is 4. The maximum Gasteiger partial charge on any atom is 0.0555 e. The molecule has 0 atom stereocenters. The second-order valence-corrected chi connectivity index (χ2v) is 7.60. The molecule has 0 fully saturated rings. The van der Waals surface area contributed by atoms with Crippen molar-refractivity contribution in [2.24, 2.45) is 0 Å². The van der Waals surface area contributed by atoms with E-state index in [1.807, 2.05) is 11.3 Å². The van der Waals surface area contributed by atoms with Crippen LogP contribution in [0.1, 0.15) is 0 Å². The Morgan fingerprint density at radius 1 is 0.615 bits per heavy atom. The van der Waals surface area contributed by atoms with E-state index < -0.39 is 0 Å². The topological polar surface area (TPSA) is 4.93 Å². The molecular formula is C24H15NS. The molecule has 6 rings (SSSR count). The van der Waals surface area contributed by atoms with Gasteiger partial charge >= 0.3 is 0 Å². The van der Waals surface area contributed by atoms with Gasteiger partial charge in [0.25, 0.3) is 0 Å². The largest absolute Gasteiger partial charge is 0.309 e. The number of aromatic nitrogens is 1. The predicted molar refractivity (Wildman–Crippen MR) is 114 cm³/mol. The minimum atomic E-state index is 1.21. The third kappa shape index (κ3) is 1.85. The van der Waals surface area contributed by atoms with Crippen LogP contribution in [0.25, 0.3) is 48.4 Å². The van der Waals surface area contributed by atoms with Crippen molar-refractivity contribution in [2.45, 2.75) is 0 Å². The summed E-state index contributed by atoms with van der Waals surface area (Å²) < 4.78 is 3.77. The van der Waals surface area contributed by atoms with E-state index in [2.05, 4.69) is 94.9 Å². The SMILES string of the molecule is c1ccc2cc(-n3c4ccccc4c4c5sccc5ccc43)ccc2c1. The molecule has 0 amide bonds. The number of rotatable bonds is 1. The van der Waals surface area contributed by atoms with Crippen molar-refractivity contribution >= 4 is 54.0 Å². The van der Waals surface area contributed by atoms with Gasteiger partial charge in [0.15, 0.2) is 0 Å². The lowest BCUT2D eigenvalue weighted by Gasteiger charge is -2.09. The molecule has 2 heterocycles. The van der Waals surface area contributed by atoms with Crippen LogP contribution < -0.4 is 0 Å². The standard InChI is InChI=1S/C24H15NS/c1-2-6-18-15-19(11-9-16(18)5-1)25-21-8-4-3-7-20(21)23-22(25)12-10-17-13-14-26-24(17)23/h1-15H. The van der Waals surface area contributed by atoms with Gasteiger partial charge in [-0.2, -0.15) is 0 Å². The first-order valence-electron chi connectivity index (χ1n) is 8.79. The van der Waals surface area contributed by atoms with Crippen molar-refractivity contribution in [3.05, 3.63) is 90.3 Å². The summed E-state index contributed by atoms with van der Waals surface area (Å²) in [6, 6.07) is 30.7. The van der Waals surface area contributed by atoms with E-state index in [0.717, 1.165) is 0 Å². The van der Waals surface area contributed by atoms with Gasteiger partial charge in [-0.3, -0.25) is 0 Å². The zero-order chi connectivity index (χ0) is 17.1. The number of nitrogens with zero attached hydrogens (tertiary/aromatic N) is 1. The third-order valence-corrected chi connectivity index (χ3v) is 6.19. The normalized spacial score (nSPS) is 11.8. The molecule has 0 saturated heterocycles. The second-order valence-electron chi connectivity index (χ2n) is 6.68. The van der Waals surface area contributed by atoms with Crippen LogP contribution in [0.5, 0.6) is 0 Å². The highest BCUT2D eigenvalue weighted by atomic mass is 32.1. The Morgan fingerprint density at radius 3 is 2.38 bits per heavy atom. The van der Waals surface area contributed by atoms with Crippen molar-refractivity contribution in [3.63, 3.8) is 0 Å². The van der Waals surface area contributed by atoms with Crippen molar-refractivity contribution in [3.8, 4) is 5.69 Å². The van der Waals surface area contributed by atoms with Crippen LogP contribution in [0, 0.1) is 0 Å². The average molecular weight is 349 g/mol. The molecule has 4 aromatic carbocycles. The second kappa shape index (κ2) is 5.20. The summed E-state index contributed by atoms with van der Waals surface area (Å²) in [7, 11) is 0. The van der Waals surface area contributed by atoms with Crippen LogP contribution in [0.4, 0.5) is 0 Å². The van der Waals surface area contributed by atoms with Crippen molar-refractivity contribution in [1.29, 1.82) is 0 Å². The zero-order valence-corrected chi connectivity index (χ0v) is 14.8. The van der Waals surface area contributed by atoms with Crippen molar-refractivity contribution in [1.82, 2.24) is 4.57 Å². The van der Waals surface area contributed by atoms with E-state index in [0.29, 0.717) is 0 Å². The fourth-order valence-electron chi connectivity index (χ4n) is 4.07. The molecular weight excluding hydrogens is 334 g/mol. The lowest BCUT2D eigenvalue weighted by Crippen LogP contribution is -1.93. The Hall–Kier alpha value is -3.10. The number of fused-ring (bicyclic) bond motifs is 6. The molecule has 1 nitrogen and oxygen atoms in total. The Morgan fingerprint density at radius 2 is 1.42 bits per heavy atom. The van der Waals surface area contributed by atoms with Crippen LogP contribution in [-0.2, 0) is 0 Å². The highest BCUT2D eigenvalue weighted by Gasteiger charge is 2.15. The van der Waals surface area contributed by atoms with E-state index in [1.165, 1.54) is 48.4 Å². The van der Waals surface area contributed by atoms with E-state index in [-0.39, 0.29) is 0 Å². The van der Waals surface area contributed by atoms with Crippen molar-refractivity contribution in [2.75, 3.05) is 0 Å². The van der Waals surface area contributed by atoms with Crippen LogP contribution in [-0.4, -0.2) is 4.57 Å². The van der Waals surface area contributed by atoms with Crippen LogP contribution in [0.3, 0.4) is 0 Å². The Bertz CT molecular complexity index is 1430. The molecule has 0 radical (unpaired) electrons. The molecule has 0 N–H and O–H groups in total. The zero-order valence-electron chi connectivity index (χ0n) is 14.0. The lowest BCUT2D eigenvalue weighted by atomic mass is 10.1. The third-order valence-electron chi connectivity index (χ3n) is 5.25. The predicted octanol–water partition coefficient (Wildman–Crippen LogP) is 7.15. The summed E-state index contributed by atoms with van der Waals surface area (Å²) in [5.41, 5.74) is 3.75. The molecule has 0 aliphatic rings. The molecule has 0 saturated carbocycles. The minimum absolute atomic E-state index is 1.21. The molecule has 122 valence electrons. The monoisotopic (exact) mass is 349 g/mol. The quantitative estimate of drug-likeness (QED) is 0.297. The van der Waals surface area contributed by atoms with Gasteiger partial charge in [0, 0.05) is 21.2 Å². The maximum atomic E-state index is 2.40. The Balaban J connectivity index is 1.81. The highest BCUT2D eigenvalue weighted by molar-refractivity contribution is 7.18. The minimum Gasteiger partial charge on any atom is -0.309 e. The first-order chi connectivity index (χ1) is 12.9. The molecule has 0 aliphatic heterocycles. The Labute approximate surface area is 154 Å². The van der Waals surface area contributed by atoms with Crippen molar-refractivity contribution < 1.29 is 0 Å². The summed E-state index contributed by atoms with van der Waals surface area (Å²) in [5, 5.41) is 8.74. The molecule has 2 heteroatoms. The summed E-state index contributed by atoms with van der Waals surface area (Å²) in [5.74, 6) is 0. The summed E-state index contributed by atoms with van der Waals surface area (Å²) in [6.45, 7) is 0. The molecule has 0 bridgehead atoms. The smallest absolute Gasteiger partial charge is 0.0555 e. The van der Waals surface area contributed by atoms with E-state index in [9.17, 15) is 0 Å². The highest BCUT2D eigenvalue weighted by Crippen LogP contribution is 2.39. The summed E-state index contributed by atoms with van der Waals surface area (Å²) in [4.78, 5) is 0. The number of thiophene rings is 1. The van der Waals surface area contributed by atoms with Gasteiger partial charge in [0.1, 0.15) is 0 Å². The van der Waals surface area contributed by atoms with Crippen LogP contribution >= 0.6 is 11.3 Å². The lowest BCUT2D eigenvalue weighted by molar-refractivity contribution is 1.19. The first kappa shape index (κ1) is 14.1. The number of para-hydroxylation sites is 1. The van der Waals surface area contributed by atoms with Gasteiger partial charge in [-0.05, 0) is 51.9 Å². The van der Waals surface area contributed by atoms with Gasteiger partial charge in [0.05, 0.1) is 11.0 Å². The van der Waals surface area contributed by atoms with Crippen LogP contribution in [0.15, 0.2) is 90.3 Å². The summed E-state index contributed by atoms with van der Waals surface area (Å²) in [6.07, 6.45) is 0. The Kier molecular flexibility index (Phi) is 2.82.